The lowest BCUT2D eigenvalue weighted by molar-refractivity contribution is 0.101. The maximum atomic E-state index is 12.9. The van der Waals surface area contributed by atoms with Crippen molar-refractivity contribution >= 4 is 34.1 Å². The van der Waals surface area contributed by atoms with Crippen LogP contribution in [0.15, 0.2) is 45.5 Å². The number of carbonyl (C=O) groups is 1. The molecular weight excluding hydrogens is 389 g/mol. The monoisotopic (exact) mass is 405 g/mol. The number of nitrogens with zero attached hydrogens (tertiary/aromatic N) is 4. The van der Waals surface area contributed by atoms with Gasteiger partial charge in [-0.2, -0.15) is 5.10 Å². The first kappa shape index (κ1) is 19.2. The zero-order chi connectivity index (χ0) is 19.2. The van der Waals surface area contributed by atoms with Gasteiger partial charge in [-0.3, -0.25) is 14.9 Å². The van der Waals surface area contributed by atoms with E-state index in [9.17, 15) is 14.0 Å². The Balaban J connectivity index is 1.61. The molecule has 27 heavy (non-hydrogen) atoms. The molecule has 0 aliphatic heterocycles. The van der Waals surface area contributed by atoms with Gasteiger partial charge in [-0.05, 0) is 30.2 Å². The quantitative estimate of drug-likeness (QED) is 0.480. The predicted molar refractivity (Wildman–Crippen MR) is 103 cm³/mol. The van der Waals surface area contributed by atoms with Crippen LogP contribution in [0.25, 0.3) is 0 Å². The number of anilines is 1. The molecule has 2 heterocycles. The van der Waals surface area contributed by atoms with Gasteiger partial charge in [0.05, 0.1) is 0 Å². The van der Waals surface area contributed by atoms with Crippen molar-refractivity contribution < 1.29 is 9.18 Å². The van der Waals surface area contributed by atoms with Gasteiger partial charge in [0.15, 0.2) is 4.34 Å². The van der Waals surface area contributed by atoms with E-state index in [1.165, 1.54) is 52.0 Å². The number of benzene rings is 1. The van der Waals surface area contributed by atoms with Crippen molar-refractivity contribution in [1.29, 1.82) is 0 Å². The van der Waals surface area contributed by atoms with E-state index in [4.69, 9.17) is 0 Å². The molecule has 0 fully saturated rings. The van der Waals surface area contributed by atoms with Crippen LogP contribution in [0, 0.1) is 5.82 Å². The smallest absolute Gasteiger partial charge is 0.277 e. The number of halogens is 1. The highest BCUT2D eigenvalue weighted by molar-refractivity contribution is 8.00. The van der Waals surface area contributed by atoms with Crippen LogP contribution in [0.5, 0.6) is 0 Å². The highest BCUT2D eigenvalue weighted by Gasteiger charge is 2.13. The molecule has 7 nitrogen and oxygen atoms in total. The largest absolute Gasteiger partial charge is 0.295 e. The van der Waals surface area contributed by atoms with Crippen LogP contribution in [0.3, 0.4) is 0 Å². The molecule has 0 saturated carbocycles. The minimum Gasteiger partial charge on any atom is -0.295 e. The van der Waals surface area contributed by atoms with Gasteiger partial charge in [0.1, 0.15) is 11.5 Å². The first-order valence-corrected chi connectivity index (χ1v) is 9.95. The third-order valence-corrected chi connectivity index (χ3v) is 5.48. The first-order chi connectivity index (χ1) is 13.0. The van der Waals surface area contributed by atoms with Crippen LogP contribution >= 0.6 is 23.1 Å². The summed E-state index contributed by atoms with van der Waals surface area (Å²) >= 11 is 2.68. The van der Waals surface area contributed by atoms with Crippen LogP contribution in [0.4, 0.5) is 9.52 Å². The Labute approximate surface area is 162 Å². The number of aryl methyl sites for hydroxylation is 1. The van der Waals surface area contributed by atoms with E-state index in [-0.39, 0.29) is 17.1 Å². The molecule has 3 rings (SSSR count). The van der Waals surface area contributed by atoms with Crippen molar-refractivity contribution in [3.05, 3.63) is 63.8 Å². The van der Waals surface area contributed by atoms with Gasteiger partial charge in [-0.1, -0.05) is 42.2 Å². The van der Waals surface area contributed by atoms with Crippen molar-refractivity contribution in [1.82, 2.24) is 20.0 Å². The summed E-state index contributed by atoms with van der Waals surface area (Å²) in [5.74, 6) is -0.110. The van der Waals surface area contributed by atoms with Crippen molar-refractivity contribution in [2.75, 3.05) is 5.32 Å². The van der Waals surface area contributed by atoms with Crippen molar-refractivity contribution in [3.8, 4) is 0 Å². The SMILES string of the molecule is CCCn1nc(C(=O)Nc2nnc(SCc3ccc(F)cc3)s2)ccc1=O. The van der Waals surface area contributed by atoms with E-state index in [0.29, 0.717) is 21.8 Å². The second kappa shape index (κ2) is 8.87. The predicted octanol–water partition coefficient (Wildman–Crippen LogP) is 3.19. The molecule has 1 amide bonds. The maximum absolute atomic E-state index is 12.9. The van der Waals surface area contributed by atoms with E-state index in [2.05, 4.69) is 20.6 Å². The molecule has 140 valence electrons. The Bertz CT molecular complexity index is 987. The summed E-state index contributed by atoms with van der Waals surface area (Å²) in [6.07, 6.45) is 0.739. The topological polar surface area (TPSA) is 89.8 Å². The molecule has 1 aromatic carbocycles. The second-order valence-corrected chi connectivity index (χ2v) is 7.72. The molecule has 3 aromatic rings. The summed E-state index contributed by atoms with van der Waals surface area (Å²) in [5.41, 5.74) is 0.854. The van der Waals surface area contributed by atoms with Gasteiger partial charge in [0.25, 0.3) is 11.5 Å². The first-order valence-electron chi connectivity index (χ1n) is 8.15. The average molecular weight is 405 g/mol. The lowest BCUT2D eigenvalue weighted by atomic mass is 10.2. The van der Waals surface area contributed by atoms with Crippen molar-refractivity contribution in [2.24, 2.45) is 0 Å². The minimum absolute atomic E-state index is 0.138. The highest BCUT2D eigenvalue weighted by atomic mass is 32.2. The van der Waals surface area contributed by atoms with Gasteiger partial charge in [0, 0.05) is 18.4 Å². The Kier molecular flexibility index (Phi) is 6.30. The normalized spacial score (nSPS) is 10.7. The fourth-order valence-corrected chi connectivity index (χ4v) is 3.85. The standard InChI is InChI=1S/C17H16FN5O2S2/c1-2-9-23-14(24)8-7-13(22-23)15(25)19-16-20-21-17(27-16)26-10-11-3-5-12(18)6-4-11/h3-8H,2,9-10H2,1H3,(H,19,20,25). The number of amides is 1. The number of nitrogens with one attached hydrogen (secondary N) is 1. The van der Waals surface area contributed by atoms with E-state index < -0.39 is 5.91 Å². The Morgan fingerprint density at radius 1 is 1.22 bits per heavy atom. The molecular formula is C17H16FN5O2S2. The van der Waals surface area contributed by atoms with Crippen LogP contribution in [0.2, 0.25) is 0 Å². The third kappa shape index (κ3) is 5.20. The molecule has 0 aliphatic carbocycles. The summed E-state index contributed by atoms with van der Waals surface area (Å²) in [7, 11) is 0. The van der Waals surface area contributed by atoms with Gasteiger partial charge in [-0.25, -0.2) is 9.07 Å². The average Bonchev–Trinajstić information content (AvgIpc) is 3.10. The van der Waals surface area contributed by atoms with Crippen molar-refractivity contribution in [2.45, 2.75) is 30.0 Å². The Hall–Kier alpha value is -2.59. The van der Waals surface area contributed by atoms with Gasteiger partial charge < -0.3 is 0 Å². The highest BCUT2D eigenvalue weighted by Crippen LogP contribution is 2.28. The Morgan fingerprint density at radius 2 is 2.00 bits per heavy atom. The molecule has 2 aromatic heterocycles. The summed E-state index contributed by atoms with van der Waals surface area (Å²) < 4.78 is 14.9. The molecule has 0 aliphatic rings. The molecule has 0 bridgehead atoms. The lowest BCUT2D eigenvalue weighted by Gasteiger charge is -2.04. The number of hydrogen-bond donors (Lipinski definition) is 1. The van der Waals surface area contributed by atoms with Crippen LogP contribution in [0.1, 0.15) is 29.4 Å². The molecule has 0 spiro atoms. The molecule has 0 unspecified atom stereocenters. The summed E-state index contributed by atoms with van der Waals surface area (Å²) in [4.78, 5) is 24.0. The second-order valence-electron chi connectivity index (χ2n) is 5.52. The van der Waals surface area contributed by atoms with Gasteiger partial charge >= 0.3 is 0 Å². The molecule has 0 radical (unpaired) electrons. The molecule has 10 heteroatoms. The minimum atomic E-state index is -0.453. The number of carbonyl (C=O) groups excluding carboxylic acids is 1. The fourth-order valence-electron chi connectivity index (χ4n) is 2.15. The van der Waals surface area contributed by atoms with E-state index in [1.54, 1.807) is 12.1 Å². The summed E-state index contributed by atoms with van der Waals surface area (Å²) in [5, 5.41) is 15.0. The van der Waals surface area contributed by atoms with Crippen LogP contribution in [-0.4, -0.2) is 25.9 Å². The Morgan fingerprint density at radius 3 is 2.74 bits per heavy atom. The van der Waals surface area contributed by atoms with Crippen LogP contribution < -0.4 is 10.9 Å². The van der Waals surface area contributed by atoms with Gasteiger partial charge in [-0.15, -0.1) is 10.2 Å². The molecule has 1 N–H and O–H groups in total. The van der Waals surface area contributed by atoms with Crippen molar-refractivity contribution in [3.63, 3.8) is 0 Å². The summed E-state index contributed by atoms with van der Waals surface area (Å²) in [6, 6.07) is 8.95. The third-order valence-electron chi connectivity index (χ3n) is 3.44. The zero-order valence-corrected chi connectivity index (χ0v) is 16.0. The van der Waals surface area contributed by atoms with E-state index >= 15 is 0 Å². The number of hydrogen-bond acceptors (Lipinski definition) is 7. The van der Waals surface area contributed by atoms with E-state index in [0.717, 1.165) is 12.0 Å². The summed E-state index contributed by atoms with van der Waals surface area (Å²) in [6.45, 7) is 2.37. The van der Waals surface area contributed by atoms with Crippen LogP contribution in [-0.2, 0) is 12.3 Å². The maximum Gasteiger partial charge on any atom is 0.277 e. The number of rotatable bonds is 7. The zero-order valence-electron chi connectivity index (χ0n) is 14.4. The fraction of sp³-hybridized carbons (Fsp3) is 0.235. The lowest BCUT2D eigenvalue weighted by Crippen LogP contribution is -2.26. The number of aromatic nitrogens is 4. The van der Waals surface area contributed by atoms with E-state index in [1.807, 2.05) is 6.92 Å². The number of thioether (sulfide) groups is 1. The molecule has 0 saturated heterocycles. The van der Waals surface area contributed by atoms with Gasteiger partial charge in [0.2, 0.25) is 5.13 Å². The molecule has 0 atom stereocenters.